The summed E-state index contributed by atoms with van der Waals surface area (Å²) in [5.74, 6) is -0.322. The zero-order valence-electron chi connectivity index (χ0n) is 14.8. The molecule has 0 radical (unpaired) electrons. The Hall–Kier alpha value is -2.50. The highest BCUT2D eigenvalue weighted by Crippen LogP contribution is 2.18. The summed E-state index contributed by atoms with van der Waals surface area (Å²) < 4.78 is 14.0. The summed E-state index contributed by atoms with van der Waals surface area (Å²) in [6.07, 6.45) is 0. The number of rotatable bonds is 3. The number of nitrogens with one attached hydrogen (secondary N) is 1. The van der Waals surface area contributed by atoms with E-state index >= 15 is 0 Å². The van der Waals surface area contributed by atoms with Gasteiger partial charge in [0.05, 0.1) is 42.3 Å². The summed E-state index contributed by atoms with van der Waals surface area (Å²) in [6.45, 7) is 3.28. The smallest absolute Gasteiger partial charge is 0.272 e. The predicted octanol–water partition coefficient (Wildman–Crippen LogP) is 2.57. The minimum atomic E-state index is -0.270. The molecule has 2 heterocycles. The topological polar surface area (TPSA) is 37.6 Å². The van der Waals surface area contributed by atoms with Gasteiger partial charge in [0.1, 0.15) is 18.1 Å². The van der Waals surface area contributed by atoms with Gasteiger partial charge in [0.15, 0.2) is 0 Å². The Balaban J connectivity index is 1.41. The maximum atomic E-state index is 14.0. The lowest BCUT2D eigenvalue weighted by molar-refractivity contribution is -0.917. The Morgan fingerprint density at radius 2 is 1.85 bits per heavy atom. The summed E-state index contributed by atoms with van der Waals surface area (Å²) in [5.41, 5.74) is 1.83. The van der Waals surface area contributed by atoms with Gasteiger partial charge in [-0.05, 0) is 24.3 Å². The molecule has 0 saturated carbocycles. The molecule has 0 bridgehead atoms. The van der Waals surface area contributed by atoms with Crippen LogP contribution in [0.25, 0.3) is 10.9 Å². The number of fused-ring (bicyclic) bond motifs is 1. The first-order valence-corrected chi connectivity index (χ1v) is 9.41. The van der Waals surface area contributed by atoms with Gasteiger partial charge < -0.3 is 9.80 Å². The second-order valence-electron chi connectivity index (χ2n) is 6.81. The van der Waals surface area contributed by atoms with E-state index in [9.17, 15) is 9.18 Å². The lowest BCUT2D eigenvalue weighted by Crippen LogP contribution is -3.13. The largest absolute Gasteiger partial charge is 0.328 e. The van der Waals surface area contributed by atoms with Crippen LogP contribution in [0.4, 0.5) is 4.39 Å². The third-order valence-corrected chi connectivity index (χ3v) is 5.42. The van der Waals surface area contributed by atoms with Gasteiger partial charge in [-0.1, -0.05) is 41.9 Å². The first kappa shape index (κ1) is 17.9. The van der Waals surface area contributed by atoms with Crippen LogP contribution >= 0.6 is 11.6 Å². The van der Waals surface area contributed by atoms with Crippen molar-refractivity contribution in [2.45, 2.75) is 6.54 Å². The van der Waals surface area contributed by atoms with Crippen molar-refractivity contribution < 1.29 is 14.1 Å². The van der Waals surface area contributed by atoms with Crippen LogP contribution in [-0.4, -0.2) is 42.0 Å². The van der Waals surface area contributed by atoms with Gasteiger partial charge in [-0.2, -0.15) is 0 Å². The van der Waals surface area contributed by atoms with Crippen LogP contribution < -0.4 is 4.90 Å². The first-order chi connectivity index (χ1) is 13.1. The number of hydrogen-bond donors (Lipinski definition) is 1. The van der Waals surface area contributed by atoms with E-state index in [-0.39, 0.29) is 11.7 Å². The molecule has 1 amide bonds. The maximum absolute atomic E-state index is 14.0. The molecule has 4 nitrogen and oxygen atoms in total. The highest BCUT2D eigenvalue weighted by Gasteiger charge is 2.26. The second-order valence-corrected chi connectivity index (χ2v) is 7.22. The van der Waals surface area contributed by atoms with E-state index in [0.717, 1.165) is 24.0 Å². The van der Waals surface area contributed by atoms with Crippen molar-refractivity contribution in [1.29, 1.82) is 0 Å². The van der Waals surface area contributed by atoms with Gasteiger partial charge >= 0.3 is 0 Å². The van der Waals surface area contributed by atoms with Crippen molar-refractivity contribution in [3.8, 4) is 0 Å². The average Bonchev–Trinajstić information content (AvgIpc) is 2.70. The molecule has 0 spiro atoms. The molecule has 1 saturated heterocycles. The number of halogens is 2. The monoisotopic (exact) mass is 384 g/mol. The molecular weight excluding hydrogens is 365 g/mol. The molecule has 1 aliphatic heterocycles. The predicted molar refractivity (Wildman–Crippen MR) is 103 cm³/mol. The normalized spacial score (nSPS) is 15.3. The molecule has 138 valence electrons. The molecule has 2 aromatic carbocycles. The van der Waals surface area contributed by atoms with E-state index in [4.69, 9.17) is 11.6 Å². The molecule has 4 rings (SSSR count). The Morgan fingerprint density at radius 3 is 2.63 bits per heavy atom. The number of carbonyl (C=O) groups is 1. The number of aromatic nitrogens is 1. The van der Waals surface area contributed by atoms with Crippen LogP contribution in [0.5, 0.6) is 0 Å². The number of benzene rings is 2. The van der Waals surface area contributed by atoms with Gasteiger partial charge in [-0.25, -0.2) is 9.37 Å². The molecule has 0 unspecified atom stereocenters. The van der Waals surface area contributed by atoms with Gasteiger partial charge in [-0.3, -0.25) is 4.79 Å². The summed E-state index contributed by atoms with van der Waals surface area (Å²) in [7, 11) is 0. The lowest BCUT2D eigenvalue weighted by Gasteiger charge is -2.32. The van der Waals surface area contributed by atoms with E-state index in [1.54, 1.807) is 18.2 Å². The molecule has 1 aromatic heterocycles. The minimum Gasteiger partial charge on any atom is -0.328 e. The average molecular weight is 385 g/mol. The fraction of sp³-hybridized carbons (Fsp3) is 0.238. The van der Waals surface area contributed by atoms with E-state index in [1.165, 1.54) is 11.0 Å². The van der Waals surface area contributed by atoms with Gasteiger partial charge in [0.2, 0.25) is 0 Å². The number of piperazine rings is 1. The Bertz CT molecular complexity index is 966. The number of quaternary nitrogens is 1. The zero-order valence-corrected chi connectivity index (χ0v) is 15.5. The summed E-state index contributed by atoms with van der Waals surface area (Å²) in [4.78, 5) is 20.3. The number of amides is 1. The number of para-hydroxylation sites is 1. The fourth-order valence-corrected chi connectivity index (χ4v) is 3.73. The van der Waals surface area contributed by atoms with Crippen molar-refractivity contribution in [1.82, 2.24) is 9.88 Å². The van der Waals surface area contributed by atoms with Crippen LogP contribution in [0.2, 0.25) is 5.02 Å². The molecule has 1 aliphatic rings. The summed E-state index contributed by atoms with van der Waals surface area (Å²) in [5, 5.41) is 1.48. The lowest BCUT2D eigenvalue weighted by atomic mass is 10.1. The standard InChI is InChI=1S/C21H19ClFN3O/c22-17-5-3-6-18(23)16(17)14-25-10-12-26(13-11-25)21(27)20-9-8-15-4-1-2-7-19(15)24-20/h1-9H,10-14H2/p+1. The van der Waals surface area contributed by atoms with Crippen molar-refractivity contribution in [3.05, 3.63) is 76.7 Å². The third kappa shape index (κ3) is 3.80. The molecule has 0 aliphatic carbocycles. The number of pyridine rings is 1. The van der Waals surface area contributed by atoms with Crippen LogP contribution in [0, 0.1) is 5.82 Å². The summed E-state index contributed by atoms with van der Waals surface area (Å²) >= 11 is 6.13. The number of carbonyl (C=O) groups excluding carboxylic acids is 1. The number of hydrogen-bond acceptors (Lipinski definition) is 2. The quantitative estimate of drug-likeness (QED) is 0.753. The van der Waals surface area contributed by atoms with Crippen molar-refractivity contribution >= 4 is 28.4 Å². The minimum absolute atomic E-state index is 0.0521. The van der Waals surface area contributed by atoms with Gasteiger partial charge in [0.25, 0.3) is 5.91 Å². The van der Waals surface area contributed by atoms with Crippen LogP contribution in [0.1, 0.15) is 16.1 Å². The zero-order chi connectivity index (χ0) is 18.8. The Kier molecular flexibility index (Phi) is 5.05. The third-order valence-electron chi connectivity index (χ3n) is 5.06. The highest BCUT2D eigenvalue weighted by molar-refractivity contribution is 6.31. The SMILES string of the molecule is O=C(c1ccc2ccccc2n1)N1CC[NH+](Cc2c(F)cccc2Cl)CC1. The number of nitrogens with zero attached hydrogens (tertiary/aromatic N) is 2. The van der Waals surface area contributed by atoms with E-state index in [1.807, 2.05) is 35.2 Å². The molecule has 27 heavy (non-hydrogen) atoms. The van der Waals surface area contributed by atoms with Crippen LogP contribution in [-0.2, 0) is 6.54 Å². The van der Waals surface area contributed by atoms with Crippen molar-refractivity contribution in [2.24, 2.45) is 0 Å². The molecule has 1 fully saturated rings. The van der Waals surface area contributed by atoms with Crippen LogP contribution in [0.15, 0.2) is 54.6 Å². The Morgan fingerprint density at radius 1 is 1.07 bits per heavy atom. The van der Waals surface area contributed by atoms with E-state index in [0.29, 0.717) is 35.9 Å². The maximum Gasteiger partial charge on any atom is 0.272 e. The Labute approximate surface area is 162 Å². The molecule has 6 heteroatoms. The summed E-state index contributed by atoms with van der Waals surface area (Å²) in [6, 6.07) is 16.2. The molecule has 0 atom stereocenters. The fourth-order valence-electron chi connectivity index (χ4n) is 3.50. The van der Waals surface area contributed by atoms with Crippen LogP contribution in [0.3, 0.4) is 0 Å². The highest BCUT2D eigenvalue weighted by atomic mass is 35.5. The molecular formula is C21H20ClFN3O+. The van der Waals surface area contributed by atoms with Gasteiger partial charge in [0, 0.05) is 5.39 Å². The van der Waals surface area contributed by atoms with E-state index in [2.05, 4.69) is 4.98 Å². The van der Waals surface area contributed by atoms with Crippen molar-refractivity contribution in [2.75, 3.05) is 26.2 Å². The molecule has 1 N–H and O–H groups in total. The van der Waals surface area contributed by atoms with E-state index < -0.39 is 0 Å². The first-order valence-electron chi connectivity index (χ1n) is 9.03. The van der Waals surface area contributed by atoms with Gasteiger partial charge in [-0.15, -0.1) is 0 Å². The van der Waals surface area contributed by atoms with Crippen molar-refractivity contribution in [3.63, 3.8) is 0 Å². The second kappa shape index (κ2) is 7.62. The molecule has 3 aromatic rings.